The predicted molar refractivity (Wildman–Crippen MR) is 207 cm³/mol. The van der Waals surface area contributed by atoms with E-state index < -0.39 is 95.6 Å². The Bertz CT molecular complexity index is 1670. The molecule has 1 amide bonds. The molecular formula is C43H62N2O12. The number of aliphatic hydroxyl groups excluding tert-OH is 1. The molecule has 0 radical (unpaired) electrons. The number of carbonyl (C=O) groups is 4. The first kappa shape index (κ1) is 43.2. The lowest BCUT2D eigenvalue weighted by atomic mass is 9.73. The van der Waals surface area contributed by atoms with Gasteiger partial charge in [-0.25, -0.2) is 9.59 Å². The average Bonchev–Trinajstić information content (AvgIpc) is 3.43. The van der Waals surface area contributed by atoms with Gasteiger partial charge in [0.05, 0.1) is 49.1 Å². The Morgan fingerprint density at radius 3 is 2.40 bits per heavy atom. The quantitative estimate of drug-likeness (QED) is 0.243. The van der Waals surface area contributed by atoms with Gasteiger partial charge in [0, 0.05) is 42.3 Å². The summed E-state index contributed by atoms with van der Waals surface area (Å²) in [7, 11) is 3.80. The van der Waals surface area contributed by atoms with Gasteiger partial charge in [0.1, 0.15) is 23.7 Å². The number of Topliss-reactive ketones (excluding diaryl/α,β-unsaturated/α-hetero) is 1. The molecule has 14 heteroatoms. The number of benzene rings is 1. The van der Waals surface area contributed by atoms with Crippen LogP contribution in [0.3, 0.4) is 0 Å². The molecule has 5 heterocycles. The summed E-state index contributed by atoms with van der Waals surface area (Å²) in [6.07, 6.45) is -3.23. The largest absolute Gasteiger partial charge is 0.458 e. The highest BCUT2D eigenvalue weighted by atomic mass is 16.7. The molecule has 5 saturated heterocycles. The summed E-state index contributed by atoms with van der Waals surface area (Å²) in [5, 5.41) is 11.7. The third-order valence-electron chi connectivity index (χ3n) is 13.1. The summed E-state index contributed by atoms with van der Waals surface area (Å²) >= 11 is 0. The van der Waals surface area contributed by atoms with Crippen molar-refractivity contribution in [2.75, 3.05) is 33.9 Å². The van der Waals surface area contributed by atoms with Crippen molar-refractivity contribution in [1.29, 1.82) is 0 Å². The van der Waals surface area contributed by atoms with Crippen LogP contribution in [0.5, 0.6) is 5.75 Å². The van der Waals surface area contributed by atoms with Gasteiger partial charge in [0.2, 0.25) is 0 Å². The van der Waals surface area contributed by atoms with E-state index in [2.05, 4.69) is 0 Å². The van der Waals surface area contributed by atoms with E-state index in [9.17, 15) is 24.3 Å². The van der Waals surface area contributed by atoms with Crippen molar-refractivity contribution in [3.05, 3.63) is 42.0 Å². The Kier molecular flexibility index (Phi) is 12.9. The molecule has 0 saturated carbocycles. The maximum Gasteiger partial charge on any atom is 0.411 e. The summed E-state index contributed by atoms with van der Waals surface area (Å²) in [4.78, 5) is 60.4. The van der Waals surface area contributed by atoms with E-state index in [1.807, 2.05) is 59.7 Å². The Labute approximate surface area is 336 Å². The Hall–Kier alpha value is -3.40. The molecule has 5 fully saturated rings. The summed E-state index contributed by atoms with van der Waals surface area (Å²) in [5.41, 5.74) is -2.19. The molecule has 14 nitrogen and oxygen atoms in total. The van der Waals surface area contributed by atoms with Gasteiger partial charge in [-0.3, -0.25) is 14.5 Å². The van der Waals surface area contributed by atoms with Crippen molar-refractivity contribution >= 4 is 23.8 Å². The molecule has 1 N–H and O–H groups in total. The smallest absolute Gasteiger partial charge is 0.411 e. The molecular weight excluding hydrogens is 736 g/mol. The van der Waals surface area contributed by atoms with Crippen LogP contribution in [0.2, 0.25) is 0 Å². The number of cyclic esters (lactones) is 1. The van der Waals surface area contributed by atoms with Crippen molar-refractivity contribution in [3.63, 3.8) is 0 Å². The number of aliphatic hydroxyl groups is 1. The van der Waals surface area contributed by atoms with Crippen molar-refractivity contribution < 1.29 is 57.4 Å². The third kappa shape index (κ3) is 8.54. The van der Waals surface area contributed by atoms with Gasteiger partial charge < -0.3 is 43.2 Å². The van der Waals surface area contributed by atoms with Crippen LogP contribution in [0.4, 0.5) is 4.79 Å². The number of likely N-dealkylation sites (N-methyl/N-ethyl adjacent to an activating group) is 1. The number of para-hydroxylation sites is 1. The number of ketones is 1. The summed E-state index contributed by atoms with van der Waals surface area (Å²) in [5.74, 6) is -4.54. The molecule has 3 unspecified atom stereocenters. The molecule has 6 bridgehead atoms. The van der Waals surface area contributed by atoms with E-state index in [-0.39, 0.29) is 44.1 Å². The number of amides is 1. The van der Waals surface area contributed by atoms with E-state index in [4.69, 9.17) is 33.2 Å². The second-order valence-electron chi connectivity index (χ2n) is 17.6. The lowest BCUT2D eigenvalue weighted by Gasteiger charge is -2.48. The summed E-state index contributed by atoms with van der Waals surface area (Å²) in [6.45, 7) is 14.6. The van der Waals surface area contributed by atoms with Gasteiger partial charge in [0.15, 0.2) is 11.9 Å². The predicted octanol–water partition coefficient (Wildman–Crippen LogP) is 4.55. The van der Waals surface area contributed by atoms with Gasteiger partial charge in [-0.05, 0) is 78.8 Å². The molecule has 0 aliphatic carbocycles. The Morgan fingerprint density at radius 2 is 1.74 bits per heavy atom. The first-order valence-corrected chi connectivity index (χ1v) is 20.5. The normalized spacial score (nSPS) is 42.5. The van der Waals surface area contributed by atoms with Gasteiger partial charge >= 0.3 is 18.0 Å². The minimum absolute atomic E-state index is 0.00572. The first-order valence-electron chi connectivity index (χ1n) is 20.5. The Balaban J connectivity index is 1.55. The fraction of sp³-hybridized carbons (Fsp3) is 0.721. The zero-order valence-electron chi connectivity index (χ0n) is 35.0. The minimum Gasteiger partial charge on any atom is -0.458 e. The van der Waals surface area contributed by atoms with Gasteiger partial charge in [-0.1, -0.05) is 45.9 Å². The fourth-order valence-electron chi connectivity index (χ4n) is 10.1. The number of hydrogen-bond acceptors (Lipinski definition) is 13. The second kappa shape index (κ2) is 17.1. The molecule has 316 valence electrons. The van der Waals surface area contributed by atoms with Crippen LogP contribution in [0.15, 0.2) is 42.0 Å². The molecule has 6 rings (SSSR count). The number of esters is 2. The number of nitrogens with zero attached hydrogens (tertiary/aromatic N) is 2. The number of fused-ring (bicyclic) bond motifs is 5. The van der Waals surface area contributed by atoms with E-state index in [1.54, 1.807) is 45.0 Å². The monoisotopic (exact) mass is 798 g/mol. The van der Waals surface area contributed by atoms with Crippen LogP contribution in [-0.4, -0.2) is 133 Å². The number of rotatable bonds is 6. The van der Waals surface area contributed by atoms with Crippen LogP contribution in [0, 0.1) is 29.6 Å². The van der Waals surface area contributed by atoms with E-state index in [0.717, 1.165) is 0 Å². The fourth-order valence-corrected chi connectivity index (χ4v) is 10.1. The van der Waals surface area contributed by atoms with Crippen LogP contribution in [-0.2, 0) is 42.8 Å². The van der Waals surface area contributed by atoms with Crippen molar-refractivity contribution in [2.45, 2.75) is 135 Å². The summed E-state index contributed by atoms with van der Waals surface area (Å²) in [6, 6.07) is 7.52. The van der Waals surface area contributed by atoms with Crippen molar-refractivity contribution in [3.8, 4) is 5.75 Å². The maximum absolute atomic E-state index is 14.8. The highest BCUT2D eigenvalue weighted by Gasteiger charge is 2.61. The third-order valence-corrected chi connectivity index (χ3v) is 13.1. The SMILES string of the molecule is CC[C@H]1OC(=O)[C@H](C)[C@H]2OCC3COC(C)(C[C@@H](C)C(=O)[C@H](C)[C@@H]4N(C/C3=C/C(=O)Oc3ccccc3)C(=O)OC41C)[C@H](O[C@@H]1O[C@H](C)C[C@H](N(C)C)[C@H]1O)[C@H]2C. The Morgan fingerprint density at radius 1 is 1.04 bits per heavy atom. The molecule has 5 aliphatic heterocycles. The van der Waals surface area contributed by atoms with Gasteiger partial charge in [0.25, 0.3) is 0 Å². The van der Waals surface area contributed by atoms with Crippen molar-refractivity contribution in [2.24, 2.45) is 29.6 Å². The molecule has 1 aromatic carbocycles. The van der Waals surface area contributed by atoms with E-state index in [1.165, 1.54) is 11.0 Å². The second-order valence-corrected chi connectivity index (χ2v) is 17.6. The van der Waals surface area contributed by atoms with Gasteiger partial charge in [-0.15, -0.1) is 0 Å². The highest BCUT2D eigenvalue weighted by Crippen LogP contribution is 2.46. The lowest BCUT2D eigenvalue weighted by molar-refractivity contribution is -0.302. The van der Waals surface area contributed by atoms with Gasteiger partial charge in [-0.2, -0.15) is 0 Å². The van der Waals surface area contributed by atoms with Crippen LogP contribution in [0.1, 0.15) is 74.7 Å². The standard InChI is InChI=1S/C43H62N2O12/c1-11-32-43(8)37-25(4)34(47)23(2)19-42(7)38(56-40-35(48)31(44(9)10)17-24(3)53-40)26(5)36(27(6)39(49)55-32)51-21-29(22-52-42)28(20-45(37)41(50)57-43)18-33(46)54-30-15-13-12-14-16-30/h12-16,18,23-27,29,31-32,35-38,40,48H,11,17,19-22H2,1-10H3/b28-18-/t23-,24-,25+,26+,27-,29?,31+,32-,35-,36+,37+,38-,40+,42?,43?/m1/s1. The van der Waals surface area contributed by atoms with E-state index >= 15 is 0 Å². The topological polar surface area (TPSA) is 160 Å². The maximum atomic E-state index is 14.8. The molecule has 0 aromatic heterocycles. The van der Waals surface area contributed by atoms with Crippen LogP contribution in [0.25, 0.3) is 0 Å². The summed E-state index contributed by atoms with van der Waals surface area (Å²) < 4.78 is 45.3. The number of carbonyl (C=O) groups excluding carboxylic acids is 4. The number of ether oxygens (including phenoxy) is 7. The first-order chi connectivity index (χ1) is 26.9. The zero-order valence-corrected chi connectivity index (χ0v) is 35.0. The molecule has 57 heavy (non-hydrogen) atoms. The van der Waals surface area contributed by atoms with Crippen molar-refractivity contribution in [1.82, 2.24) is 9.80 Å². The van der Waals surface area contributed by atoms with Crippen LogP contribution >= 0.6 is 0 Å². The molecule has 5 aliphatic rings. The van der Waals surface area contributed by atoms with Crippen LogP contribution < -0.4 is 4.74 Å². The lowest BCUT2D eigenvalue weighted by Crippen LogP contribution is -2.61. The minimum atomic E-state index is -1.43. The molecule has 15 atom stereocenters. The molecule has 1 aromatic rings. The number of hydrogen-bond donors (Lipinski definition) is 1. The zero-order chi connectivity index (χ0) is 41.6. The molecule has 0 spiro atoms. The highest BCUT2D eigenvalue weighted by molar-refractivity contribution is 5.86. The average molecular weight is 799 g/mol. The van der Waals surface area contributed by atoms with E-state index in [0.29, 0.717) is 24.2 Å².